The van der Waals surface area contributed by atoms with Crippen LogP contribution in [0.25, 0.3) is 5.73 Å². The average Bonchev–Trinajstić information content (AvgIpc) is 2.85. The largest absolute Gasteiger partial charge is 0.676 e. The zero-order valence-corrected chi connectivity index (χ0v) is 26.6. The van der Waals surface area contributed by atoms with Gasteiger partial charge in [0.2, 0.25) is 0 Å². The topological polar surface area (TPSA) is 91.7 Å². The number of ether oxygens (including phenoxy) is 2. The van der Waals surface area contributed by atoms with E-state index in [2.05, 4.69) is 17.4 Å². The number of carbonyl (C=O) groups excluding carboxylic acids is 2. The second kappa shape index (κ2) is 13.8. The summed E-state index contributed by atoms with van der Waals surface area (Å²) in [6.45, 7) is 6.54. The molecule has 1 radical (unpaired) electrons. The van der Waals surface area contributed by atoms with Crippen LogP contribution in [0.5, 0.6) is 5.75 Å². The minimum absolute atomic E-state index is 0. The molecule has 2 amide bonds. The maximum Gasteiger partial charge on any atom is 0.410 e. The van der Waals surface area contributed by atoms with Gasteiger partial charge in [-0.05, 0) is 64.2 Å². The molecule has 3 rings (SSSR count). The van der Waals surface area contributed by atoms with Crippen molar-refractivity contribution in [2.45, 2.75) is 63.5 Å². The molecule has 2 aromatic rings. The number of rotatable bonds is 8. The summed E-state index contributed by atoms with van der Waals surface area (Å²) in [5.74, 6) is 0.385. The summed E-state index contributed by atoms with van der Waals surface area (Å²) < 4.78 is 11.0. The van der Waals surface area contributed by atoms with E-state index in [9.17, 15) is 9.59 Å². The van der Waals surface area contributed by atoms with E-state index in [1.807, 2.05) is 51.1 Å². The van der Waals surface area contributed by atoms with Crippen molar-refractivity contribution in [3.8, 4) is 5.75 Å². The first kappa shape index (κ1) is 30.6. The second-order valence-corrected chi connectivity index (χ2v) is 10.2. The van der Waals surface area contributed by atoms with E-state index in [1.165, 1.54) is 5.56 Å². The smallest absolute Gasteiger partial charge is 0.410 e. The number of nitrogens with zero attached hydrogens (tertiary/aromatic N) is 1. The third-order valence-electron chi connectivity index (χ3n) is 6.66. The summed E-state index contributed by atoms with van der Waals surface area (Å²) in [7, 11) is 1.56. The third-order valence-corrected chi connectivity index (χ3v) is 6.66. The maximum atomic E-state index is 13.0. The molecule has 0 unspecified atom stereocenters. The van der Waals surface area contributed by atoms with E-state index in [4.69, 9.17) is 15.2 Å². The molecular weight excluding hydrogens is 669 g/mol. The first-order valence-corrected chi connectivity index (χ1v) is 12.3. The van der Waals surface area contributed by atoms with E-state index in [0.29, 0.717) is 24.4 Å². The Kier molecular flexibility index (Phi) is 11.7. The standard InChI is InChI=1S/C28H38N3O4.Ac/c1-27(2,3)35-26(33)31(19-18-29)22-14-16-28(17-15-22,21-10-6-5-7-11-21)20-30-25(32)23-12-8-9-13-24(23)34-4;/h5-13,22,29H,14-20H2,1-4H3,(H,30,32);/q-1;. The van der Waals surface area contributed by atoms with Crippen molar-refractivity contribution in [1.82, 2.24) is 10.2 Å². The maximum absolute atomic E-state index is 13.0. The Bertz CT molecular complexity index is 986. The molecule has 0 atom stereocenters. The summed E-state index contributed by atoms with van der Waals surface area (Å²) in [6, 6.07) is 17.5. The number of amides is 2. The first-order valence-electron chi connectivity index (χ1n) is 12.3. The second-order valence-electron chi connectivity index (χ2n) is 10.2. The van der Waals surface area contributed by atoms with Gasteiger partial charge in [0.1, 0.15) is 11.4 Å². The number of nitrogens with one attached hydrogen (secondary N) is 2. The van der Waals surface area contributed by atoms with Gasteiger partial charge in [0.05, 0.1) is 12.7 Å². The van der Waals surface area contributed by atoms with Gasteiger partial charge < -0.3 is 25.4 Å². The van der Waals surface area contributed by atoms with E-state index in [0.717, 1.165) is 25.7 Å². The van der Waals surface area contributed by atoms with Gasteiger partial charge in [-0.1, -0.05) is 42.5 Å². The van der Waals surface area contributed by atoms with Crippen molar-refractivity contribution < 1.29 is 63.1 Å². The quantitative estimate of drug-likeness (QED) is 0.387. The van der Waals surface area contributed by atoms with E-state index in [1.54, 1.807) is 24.1 Å². The van der Waals surface area contributed by atoms with Crippen molar-refractivity contribution in [1.29, 1.82) is 0 Å². The minimum Gasteiger partial charge on any atom is -0.676 e. The summed E-state index contributed by atoms with van der Waals surface area (Å²) in [5.41, 5.74) is 8.58. The number of para-hydroxylation sites is 1. The molecule has 8 heteroatoms. The van der Waals surface area contributed by atoms with Crippen molar-refractivity contribution in [3.63, 3.8) is 0 Å². The van der Waals surface area contributed by atoms with E-state index in [-0.39, 0.29) is 74.1 Å². The number of carbonyl (C=O) groups is 2. The molecule has 0 spiro atoms. The predicted octanol–water partition coefficient (Wildman–Crippen LogP) is 5.59. The average molecular weight is 708 g/mol. The van der Waals surface area contributed by atoms with Crippen LogP contribution in [-0.4, -0.2) is 55.3 Å². The van der Waals surface area contributed by atoms with Crippen molar-refractivity contribution in [2.75, 3.05) is 26.7 Å². The van der Waals surface area contributed by atoms with E-state index < -0.39 is 5.60 Å². The zero-order valence-electron chi connectivity index (χ0n) is 21.9. The van der Waals surface area contributed by atoms with Gasteiger partial charge in [0.15, 0.2) is 0 Å². The van der Waals surface area contributed by atoms with Crippen molar-refractivity contribution >= 4 is 12.0 Å². The van der Waals surface area contributed by atoms with Gasteiger partial charge in [-0.25, -0.2) is 4.79 Å². The number of hydrogen-bond acceptors (Lipinski definition) is 4. The molecular formula is C28H38AcN3O4-. The Morgan fingerprint density at radius 1 is 1.06 bits per heavy atom. The van der Waals surface area contributed by atoms with Crippen LogP contribution in [0.3, 0.4) is 0 Å². The van der Waals surface area contributed by atoms with Crippen LogP contribution in [-0.2, 0) is 10.2 Å². The molecule has 0 bridgehead atoms. The monoisotopic (exact) mass is 707 g/mol. The fraction of sp³-hybridized carbons (Fsp3) is 0.500. The Morgan fingerprint density at radius 3 is 2.25 bits per heavy atom. The predicted molar refractivity (Wildman–Crippen MR) is 138 cm³/mol. The molecule has 1 fully saturated rings. The van der Waals surface area contributed by atoms with Crippen LogP contribution in [0.15, 0.2) is 54.6 Å². The molecule has 0 aromatic heterocycles. The summed E-state index contributed by atoms with van der Waals surface area (Å²) in [5, 5.41) is 3.15. The minimum atomic E-state index is -0.581. The third kappa shape index (κ3) is 7.94. The van der Waals surface area contributed by atoms with Crippen LogP contribution in [0.2, 0.25) is 0 Å². The van der Waals surface area contributed by atoms with Gasteiger partial charge in [-0.3, -0.25) is 4.79 Å². The van der Waals surface area contributed by atoms with Crippen LogP contribution < -0.4 is 10.1 Å². The number of hydrogen-bond donors (Lipinski definition) is 1. The van der Waals surface area contributed by atoms with Gasteiger partial charge in [0, 0.05) is 68.6 Å². The van der Waals surface area contributed by atoms with Crippen LogP contribution in [0.4, 0.5) is 4.79 Å². The van der Waals surface area contributed by atoms with Gasteiger partial charge in [-0.15, -0.1) is 6.54 Å². The molecule has 7 nitrogen and oxygen atoms in total. The van der Waals surface area contributed by atoms with Crippen LogP contribution >= 0.6 is 0 Å². The molecule has 1 saturated carbocycles. The normalized spacial score (nSPS) is 19.5. The van der Waals surface area contributed by atoms with Crippen molar-refractivity contribution in [2.24, 2.45) is 0 Å². The molecule has 1 aliphatic carbocycles. The molecule has 36 heavy (non-hydrogen) atoms. The fourth-order valence-electron chi connectivity index (χ4n) is 4.87. The fourth-order valence-corrected chi connectivity index (χ4v) is 4.87. The summed E-state index contributed by atoms with van der Waals surface area (Å²) in [4.78, 5) is 27.6. The van der Waals surface area contributed by atoms with Gasteiger partial charge >= 0.3 is 6.09 Å². The van der Waals surface area contributed by atoms with Crippen LogP contribution in [0.1, 0.15) is 62.4 Å². The summed E-state index contributed by atoms with van der Waals surface area (Å²) >= 11 is 0. The SMILES string of the molecule is COc1ccccc1C(=O)NCC1(c2ccccc2)CCC(N(CC[NH-])C(=O)OC(C)(C)C)CC1.[Ac]. The Balaban J connectivity index is 0.00000456. The molecule has 2 aromatic carbocycles. The molecule has 2 N–H and O–H groups in total. The number of methoxy groups -OCH3 is 1. The van der Waals surface area contributed by atoms with E-state index >= 15 is 0 Å². The van der Waals surface area contributed by atoms with Gasteiger partial charge in [0.25, 0.3) is 5.91 Å². The number of benzene rings is 2. The summed E-state index contributed by atoms with van der Waals surface area (Å²) in [6.07, 6.45) is 2.82. The molecule has 0 saturated heterocycles. The van der Waals surface area contributed by atoms with Crippen molar-refractivity contribution in [3.05, 3.63) is 71.5 Å². The molecule has 193 valence electrons. The van der Waals surface area contributed by atoms with Gasteiger partial charge in [-0.2, -0.15) is 0 Å². The molecule has 0 heterocycles. The Morgan fingerprint density at radius 2 is 1.67 bits per heavy atom. The first-order chi connectivity index (χ1) is 16.7. The van der Waals surface area contributed by atoms with Crippen LogP contribution in [0, 0.1) is 44.1 Å². The Labute approximate surface area is 251 Å². The zero-order chi connectivity index (χ0) is 25.5. The Hall–Kier alpha value is -1.62. The molecule has 1 aliphatic rings. The molecule has 0 aliphatic heterocycles.